The summed E-state index contributed by atoms with van der Waals surface area (Å²) in [4.78, 5) is 18.2. The molecular formula is C24H24ClN3OS. The lowest BCUT2D eigenvalue weighted by atomic mass is 9.89. The van der Waals surface area contributed by atoms with Crippen LogP contribution in [0.15, 0.2) is 66.0 Å². The van der Waals surface area contributed by atoms with E-state index in [1.807, 2.05) is 37.0 Å². The summed E-state index contributed by atoms with van der Waals surface area (Å²) in [6, 6.07) is 16.8. The van der Waals surface area contributed by atoms with Crippen molar-refractivity contribution >= 4 is 40.9 Å². The van der Waals surface area contributed by atoms with Crippen LogP contribution < -0.4 is 0 Å². The Labute approximate surface area is 186 Å². The molecule has 0 spiro atoms. The zero-order chi connectivity index (χ0) is 20.1. The number of Topliss-reactive ketones (excluding diaryl/α,β-unsaturated/α-hetero) is 1. The average molecular weight is 438 g/mol. The van der Waals surface area contributed by atoms with Gasteiger partial charge < -0.3 is 9.13 Å². The highest BCUT2D eigenvalue weighted by Crippen LogP contribution is 2.51. The number of thioether (sulfide) groups is 1. The van der Waals surface area contributed by atoms with Crippen LogP contribution in [0.2, 0.25) is 0 Å². The number of rotatable bonds is 3. The molecule has 0 saturated heterocycles. The van der Waals surface area contributed by atoms with Gasteiger partial charge in [-0.1, -0.05) is 59.8 Å². The summed E-state index contributed by atoms with van der Waals surface area (Å²) in [7, 11) is 2.06. The molecule has 1 aliphatic heterocycles. The number of carbonyl (C=O) groups is 1. The van der Waals surface area contributed by atoms with Crippen molar-refractivity contribution in [1.82, 2.24) is 14.1 Å². The third-order valence-corrected chi connectivity index (χ3v) is 7.52. The van der Waals surface area contributed by atoms with Crippen molar-refractivity contribution in [2.45, 2.75) is 30.7 Å². The Morgan fingerprint density at radius 3 is 2.50 bits per heavy atom. The minimum absolute atomic E-state index is 0. The van der Waals surface area contributed by atoms with Crippen molar-refractivity contribution in [1.29, 1.82) is 0 Å². The molecule has 3 heterocycles. The molecule has 2 aromatic carbocycles. The van der Waals surface area contributed by atoms with E-state index in [2.05, 4.69) is 64.5 Å². The fraction of sp³-hybridized carbons (Fsp3) is 0.250. The van der Waals surface area contributed by atoms with E-state index in [4.69, 9.17) is 0 Å². The van der Waals surface area contributed by atoms with Crippen molar-refractivity contribution < 1.29 is 4.79 Å². The number of hydrogen-bond acceptors (Lipinski definition) is 3. The maximum atomic E-state index is 13.9. The van der Waals surface area contributed by atoms with E-state index in [0.717, 1.165) is 27.3 Å². The van der Waals surface area contributed by atoms with Crippen LogP contribution in [-0.4, -0.2) is 19.9 Å². The van der Waals surface area contributed by atoms with Gasteiger partial charge in [-0.15, -0.1) is 12.4 Å². The third-order valence-electron chi connectivity index (χ3n) is 5.96. The number of aryl methyl sites for hydroxylation is 3. The molecule has 154 valence electrons. The number of aromatic nitrogens is 3. The molecule has 0 fully saturated rings. The van der Waals surface area contributed by atoms with Gasteiger partial charge in [-0.2, -0.15) is 0 Å². The largest absolute Gasteiger partial charge is 0.338 e. The molecule has 0 bridgehead atoms. The number of para-hydroxylation sites is 1. The van der Waals surface area contributed by atoms with Gasteiger partial charge >= 0.3 is 0 Å². The van der Waals surface area contributed by atoms with Crippen LogP contribution in [0.4, 0.5) is 0 Å². The highest BCUT2D eigenvalue weighted by atomic mass is 35.5. The van der Waals surface area contributed by atoms with Crippen molar-refractivity contribution in [3.8, 4) is 0 Å². The summed E-state index contributed by atoms with van der Waals surface area (Å²) in [5, 5.41) is 2.19. The standard InChI is InChI=1S/C24H23N3OS.ClH/c1-15-8-10-17(11-9-15)23-19(14-27-13-12-25-16(27)2)22(28)21-18-6-4-5-7-20(18)26(3)24(21)29-23;/h4-13,19,23H,14H2,1-3H3;1H. The van der Waals surface area contributed by atoms with Crippen LogP contribution >= 0.6 is 24.2 Å². The Morgan fingerprint density at radius 2 is 1.80 bits per heavy atom. The molecule has 2 unspecified atom stereocenters. The number of carbonyl (C=O) groups excluding carboxylic acids is 1. The van der Waals surface area contributed by atoms with Gasteiger partial charge in [0.25, 0.3) is 0 Å². The Morgan fingerprint density at radius 1 is 1.07 bits per heavy atom. The number of imidazole rings is 1. The normalized spacial score (nSPS) is 18.3. The second kappa shape index (κ2) is 7.97. The van der Waals surface area contributed by atoms with Crippen LogP contribution in [0.1, 0.15) is 32.6 Å². The van der Waals surface area contributed by atoms with Gasteiger partial charge in [0.15, 0.2) is 5.78 Å². The zero-order valence-corrected chi connectivity index (χ0v) is 18.8. The first-order valence-electron chi connectivity index (χ1n) is 9.87. The predicted molar refractivity (Wildman–Crippen MR) is 125 cm³/mol. The van der Waals surface area contributed by atoms with Crippen LogP contribution in [-0.2, 0) is 13.6 Å². The van der Waals surface area contributed by atoms with Gasteiger partial charge in [0.05, 0.1) is 16.5 Å². The first-order valence-corrected chi connectivity index (χ1v) is 10.7. The number of hydrogen-bond donors (Lipinski definition) is 0. The average Bonchev–Trinajstić information content (AvgIpc) is 3.26. The molecule has 30 heavy (non-hydrogen) atoms. The maximum absolute atomic E-state index is 13.9. The number of benzene rings is 2. The van der Waals surface area contributed by atoms with E-state index in [-0.39, 0.29) is 29.4 Å². The van der Waals surface area contributed by atoms with E-state index in [0.29, 0.717) is 6.54 Å². The molecule has 0 amide bonds. The maximum Gasteiger partial charge on any atom is 0.172 e. The van der Waals surface area contributed by atoms with Gasteiger partial charge in [-0.25, -0.2) is 4.98 Å². The molecule has 0 saturated carbocycles. The quantitative estimate of drug-likeness (QED) is 0.409. The van der Waals surface area contributed by atoms with Crippen molar-refractivity contribution in [3.05, 3.63) is 83.4 Å². The summed E-state index contributed by atoms with van der Waals surface area (Å²) in [6.45, 7) is 4.72. The molecule has 5 rings (SSSR count). The number of halogens is 1. The molecule has 2 atom stereocenters. The van der Waals surface area contributed by atoms with Gasteiger partial charge in [0, 0.05) is 42.1 Å². The lowest BCUT2D eigenvalue weighted by Crippen LogP contribution is -2.29. The van der Waals surface area contributed by atoms with E-state index in [1.54, 1.807) is 6.20 Å². The van der Waals surface area contributed by atoms with Crippen LogP contribution in [0.5, 0.6) is 0 Å². The number of fused-ring (bicyclic) bond motifs is 3. The molecular weight excluding hydrogens is 414 g/mol. The summed E-state index contributed by atoms with van der Waals surface area (Å²) in [5.41, 5.74) is 4.42. The molecule has 4 nitrogen and oxygen atoms in total. The smallest absolute Gasteiger partial charge is 0.172 e. The molecule has 6 heteroatoms. The van der Waals surface area contributed by atoms with Gasteiger partial charge in [0.1, 0.15) is 5.82 Å². The Bertz CT molecular complexity index is 1230. The second-order valence-corrected chi connectivity index (χ2v) is 8.93. The molecule has 4 aromatic rings. The molecule has 0 N–H and O–H groups in total. The Hall–Kier alpha value is -2.50. The van der Waals surface area contributed by atoms with Crippen LogP contribution in [0.3, 0.4) is 0 Å². The Kier molecular flexibility index (Phi) is 5.51. The lowest BCUT2D eigenvalue weighted by Gasteiger charge is -2.31. The molecule has 0 aliphatic carbocycles. The summed E-state index contributed by atoms with van der Waals surface area (Å²) >= 11 is 1.82. The van der Waals surface area contributed by atoms with Crippen molar-refractivity contribution in [2.75, 3.05) is 0 Å². The molecule has 1 aliphatic rings. The van der Waals surface area contributed by atoms with Crippen LogP contribution in [0.25, 0.3) is 10.9 Å². The third kappa shape index (κ3) is 3.26. The van der Waals surface area contributed by atoms with Gasteiger partial charge in [-0.3, -0.25) is 4.79 Å². The van der Waals surface area contributed by atoms with Gasteiger partial charge in [0.2, 0.25) is 0 Å². The van der Waals surface area contributed by atoms with Crippen LogP contribution in [0, 0.1) is 19.8 Å². The SMILES string of the molecule is Cc1ccc(C2Sc3c(c4ccccc4n3C)C(=O)C2Cn2ccnc2C)cc1.Cl. The second-order valence-electron chi connectivity index (χ2n) is 7.80. The van der Waals surface area contributed by atoms with E-state index in [1.165, 1.54) is 11.1 Å². The molecule has 2 aromatic heterocycles. The first-order chi connectivity index (χ1) is 14.0. The summed E-state index contributed by atoms with van der Waals surface area (Å²) in [6.07, 6.45) is 3.78. The number of nitrogens with zero attached hydrogens (tertiary/aromatic N) is 3. The number of ketones is 1. The summed E-state index contributed by atoms with van der Waals surface area (Å²) in [5.74, 6) is 1.03. The zero-order valence-electron chi connectivity index (χ0n) is 17.2. The lowest BCUT2D eigenvalue weighted by molar-refractivity contribution is 0.0897. The van der Waals surface area contributed by atoms with E-state index in [9.17, 15) is 4.79 Å². The molecule has 0 radical (unpaired) electrons. The van der Waals surface area contributed by atoms with Gasteiger partial charge in [-0.05, 0) is 25.5 Å². The summed E-state index contributed by atoms with van der Waals surface area (Å²) < 4.78 is 4.27. The highest BCUT2D eigenvalue weighted by Gasteiger charge is 2.40. The minimum Gasteiger partial charge on any atom is -0.338 e. The fourth-order valence-electron chi connectivity index (χ4n) is 4.31. The predicted octanol–water partition coefficient (Wildman–Crippen LogP) is 5.76. The van der Waals surface area contributed by atoms with E-state index >= 15 is 0 Å². The monoisotopic (exact) mass is 437 g/mol. The topological polar surface area (TPSA) is 39.8 Å². The Balaban J connectivity index is 0.00000218. The minimum atomic E-state index is -0.145. The first kappa shape index (κ1) is 20.8. The van der Waals surface area contributed by atoms with Crippen molar-refractivity contribution in [2.24, 2.45) is 13.0 Å². The van der Waals surface area contributed by atoms with Crippen molar-refractivity contribution in [3.63, 3.8) is 0 Å². The highest BCUT2D eigenvalue weighted by molar-refractivity contribution is 7.99. The van der Waals surface area contributed by atoms with E-state index < -0.39 is 0 Å². The fourth-order valence-corrected chi connectivity index (χ4v) is 5.81.